The lowest BCUT2D eigenvalue weighted by Crippen LogP contribution is -2.33. The van der Waals surface area contributed by atoms with Gasteiger partial charge in [-0.15, -0.1) is 0 Å². The molecular formula is C16H30N4. The van der Waals surface area contributed by atoms with Crippen molar-refractivity contribution in [3.8, 4) is 0 Å². The normalized spacial score (nSPS) is 11.7. The molecule has 4 heteroatoms. The average Bonchev–Trinajstić information content (AvgIpc) is 2.30. The van der Waals surface area contributed by atoms with Crippen LogP contribution < -0.4 is 10.6 Å². The van der Waals surface area contributed by atoms with E-state index in [4.69, 9.17) is 10.7 Å². The average molecular weight is 278 g/mol. The Bertz CT molecular complexity index is 428. The molecule has 0 radical (unpaired) electrons. The van der Waals surface area contributed by atoms with E-state index in [1.54, 1.807) is 0 Å². The first-order chi connectivity index (χ1) is 9.22. The van der Waals surface area contributed by atoms with Gasteiger partial charge in [0.1, 0.15) is 17.5 Å². The molecule has 1 rings (SSSR count). The van der Waals surface area contributed by atoms with Gasteiger partial charge in [0.05, 0.1) is 0 Å². The minimum atomic E-state index is 0.289. The third-order valence-corrected chi connectivity index (χ3v) is 3.16. The fourth-order valence-corrected chi connectivity index (χ4v) is 2.23. The van der Waals surface area contributed by atoms with E-state index < -0.39 is 0 Å². The van der Waals surface area contributed by atoms with Gasteiger partial charge in [-0.25, -0.2) is 9.97 Å². The van der Waals surface area contributed by atoms with Crippen molar-refractivity contribution in [2.75, 3.05) is 23.7 Å². The maximum atomic E-state index is 6.08. The maximum absolute atomic E-state index is 6.08. The predicted molar refractivity (Wildman–Crippen MR) is 87.2 cm³/mol. The lowest BCUT2D eigenvalue weighted by atomic mass is 10.1. The van der Waals surface area contributed by atoms with Gasteiger partial charge < -0.3 is 10.6 Å². The Morgan fingerprint density at radius 1 is 0.950 bits per heavy atom. The van der Waals surface area contributed by atoms with Gasteiger partial charge in [0, 0.05) is 24.6 Å². The third kappa shape index (κ3) is 4.36. The molecule has 0 saturated heterocycles. The van der Waals surface area contributed by atoms with Crippen molar-refractivity contribution in [1.29, 1.82) is 0 Å². The number of anilines is 2. The van der Waals surface area contributed by atoms with Crippen LogP contribution in [0.1, 0.15) is 58.8 Å². The Morgan fingerprint density at radius 3 is 1.85 bits per heavy atom. The fourth-order valence-electron chi connectivity index (χ4n) is 2.23. The summed E-state index contributed by atoms with van der Waals surface area (Å²) in [6, 6.07) is 0. The van der Waals surface area contributed by atoms with Crippen LogP contribution in [0.4, 0.5) is 11.6 Å². The quantitative estimate of drug-likeness (QED) is 0.863. The van der Waals surface area contributed by atoms with Crippen molar-refractivity contribution < 1.29 is 0 Å². The molecule has 4 nitrogen and oxygen atoms in total. The molecule has 0 fully saturated rings. The molecular weight excluding hydrogens is 248 g/mol. The summed E-state index contributed by atoms with van der Waals surface area (Å²) in [7, 11) is 0. The van der Waals surface area contributed by atoms with E-state index in [-0.39, 0.29) is 5.92 Å². The molecule has 0 aliphatic carbocycles. The van der Waals surface area contributed by atoms with Gasteiger partial charge in [-0.05, 0) is 18.8 Å². The van der Waals surface area contributed by atoms with Gasteiger partial charge in [-0.3, -0.25) is 0 Å². The summed E-state index contributed by atoms with van der Waals surface area (Å²) in [5.41, 5.74) is 7.08. The first kappa shape index (κ1) is 16.7. The smallest absolute Gasteiger partial charge is 0.137 e. The summed E-state index contributed by atoms with van der Waals surface area (Å²) in [5, 5.41) is 0. The number of aromatic nitrogens is 2. The van der Waals surface area contributed by atoms with Crippen molar-refractivity contribution in [2.45, 2.75) is 54.4 Å². The van der Waals surface area contributed by atoms with E-state index in [0.717, 1.165) is 30.3 Å². The number of nitrogens with zero attached hydrogens (tertiary/aromatic N) is 3. The van der Waals surface area contributed by atoms with Crippen LogP contribution >= 0.6 is 0 Å². The number of nitrogens with two attached hydrogens (primary N) is 1. The molecule has 0 unspecified atom stereocenters. The lowest BCUT2D eigenvalue weighted by Gasteiger charge is -2.29. The highest BCUT2D eigenvalue weighted by Crippen LogP contribution is 2.25. The van der Waals surface area contributed by atoms with Crippen molar-refractivity contribution in [2.24, 2.45) is 11.8 Å². The second-order valence-electron chi connectivity index (χ2n) is 6.76. The first-order valence-electron chi connectivity index (χ1n) is 7.61. The molecule has 0 aromatic carbocycles. The zero-order chi connectivity index (χ0) is 15.4. The Labute approximate surface area is 123 Å². The van der Waals surface area contributed by atoms with Crippen LogP contribution in [0.15, 0.2) is 0 Å². The molecule has 2 N–H and O–H groups in total. The monoisotopic (exact) mass is 278 g/mol. The van der Waals surface area contributed by atoms with Gasteiger partial charge in [-0.1, -0.05) is 41.5 Å². The molecule has 0 aliphatic heterocycles. The van der Waals surface area contributed by atoms with Crippen LogP contribution in [0.25, 0.3) is 0 Å². The van der Waals surface area contributed by atoms with Gasteiger partial charge in [-0.2, -0.15) is 0 Å². The SMILES string of the molecule is Cc1c(N)nc(C(C)C)nc1N(CC(C)C)CC(C)C. The van der Waals surface area contributed by atoms with Crippen molar-refractivity contribution >= 4 is 11.6 Å². The van der Waals surface area contributed by atoms with Gasteiger partial charge >= 0.3 is 0 Å². The van der Waals surface area contributed by atoms with Gasteiger partial charge in [0.25, 0.3) is 0 Å². The molecule has 1 aromatic rings. The molecule has 0 atom stereocenters. The van der Waals surface area contributed by atoms with Crippen LogP contribution in [0, 0.1) is 18.8 Å². The van der Waals surface area contributed by atoms with Gasteiger partial charge in [0.15, 0.2) is 0 Å². The number of rotatable bonds is 6. The van der Waals surface area contributed by atoms with Crippen molar-refractivity contribution in [3.05, 3.63) is 11.4 Å². The number of hydrogen-bond donors (Lipinski definition) is 1. The van der Waals surface area contributed by atoms with Crippen LogP contribution in [0.2, 0.25) is 0 Å². The largest absolute Gasteiger partial charge is 0.383 e. The van der Waals surface area contributed by atoms with Gasteiger partial charge in [0.2, 0.25) is 0 Å². The van der Waals surface area contributed by atoms with E-state index in [9.17, 15) is 0 Å². The molecule has 0 spiro atoms. The summed E-state index contributed by atoms with van der Waals surface area (Å²) < 4.78 is 0. The summed E-state index contributed by atoms with van der Waals surface area (Å²) in [6.45, 7) is 17.1. The van der Waals surface area contributed by atoms with Crippen LogP contribution in [-0.2, 0) is 0 Å². The zero-order valence-electron chi connectivity index (χ0n) is 14.1. The standard InChI is InChI=1S/C16H30N4/c1-10(2)8-20(9-11(3)4)16-13(7)14(17)18-15(19-16)12(5)6/h10-12H,8-9H2,1-7H3,(H2,17,18,19). The molecule has 1 aromatic heterocycles. The summed E-state index contributed by atoms with van der Waals surface area (Å²) >= 11 is 0. The molecule has 1 heterocycles. The van der Waals surface area contributed by atoms with E-state index in [1.165, 1.54) is 0 Å². The Morgan fingerprint density at radius 2 is 1.45 bits per heavy atom. The summed E-state index contributed by atoms with van der Waals surface area (Å²) in [6.07, 6.45) is 0. The third-order valence-electron chi connectivity index (χ3n) is 3.16. The number of nitrogen functional groups attached to an aromatic ring is 1. The van der Waals surface area contributed by atoms with Crippen molar-refractivity contribution in [3.63, 3.8) is 0 Å². The van der Waals surface area contributed by atoms with Crippen LogP contribution in [0.3, 0.4) is 0 Å². The van der Waals surface area contributed by atoms with E-state index in [1.807, 2.05) is 6.92 Å². The Balaban J connectivity index is 3.23. The maximum Gasteiger partial charge on any atom is 0.137 e. The fraction of sp³-hybridized carbons (Fsp3) is 0.750. The number of hydrogen-bond acceptors (Lipinski definition) is 4. The van der Waals surface area contributed by atoms with Crippen molar-refractivity contribution in [1.82, 2.24) is 9.97 Å². The molecule has 0 bridgehead atoms. The molecule has 20 heavy (non-hydrogen) atoms. The van der Waals surface area contributed by atoms with E-state index >= 15 is 0 Å². The van der Waals surface area contributed by atoms with E-state index in [2.05, 4.69) is 51.4 Å². The molecule has 0 aliphatic rings. The van der Waals surface area contributed by atoms with Crippen LogP contribution in [0.5, 0.6) is 0 Å². The molecule has 0 amide bonds. The lowest BCUT2D eigenvalue weighted by molar-refractivity contribution is 0.546. The molecule has 114 valence electrons. The Kier molecular flexibility index (Phi) is 5.78. The molecule has 0 saturated carbocycles. The second-order valence-corrected chi connectivity index (χ2v) is 6.76. The predicted octanol–water partition coefficient (Wildman–Crippen LogP) is 3.61. The zero-order valence-corrected chi connectivity index (χ0v) is 14.1. The highest BCUT2D eigenvalue weighted by atomic mass is 15.2. The highest BCUT2D eigenvalue weighted by molar-refractivity contribution is 5.56. The minimum absolute atomic E-state index is 0.289. The topological polar surface area (TPSA) is 55.0 Å². The second kappa shape index (κ2) is 6.91. The first-order valence-corrected chi connectivity index (χ1v) is 7.61. The highest BCUT2D eigenvalue weighted by Gasteiger charge is 2.18. The van der Waals surface area contributed by atoms with E-state index in [0.29, 0.717) is 17.7 Å². The minimum Gasteiger partial charge on any atom is -0.383 e. The van der Waals surface area contributed by atoms with Crippen LogP contribution in [-0.4, -0.2) is 23.1 Å². The summed E-state index contributed by atoms with van der Waals surface area (Å²) in [4.78, 5) is 11.5. The Hall–Kier alpha value is -1.32. The summed E-state index contributed by atoms with van der Waals surface area (Å²) in [5.74, 6) is 3.91.